The molecule has 0 unspecified atom stereocenters. The molecule has 0 radical (unpaired) electrons. The highest BCUT2D eigenvalue weighted by atomic mass is 16.4. The van der Waals surface area contributed by atoms with E-state index in [9.17, 15) is 4.79 Å². The SMILES string of the molecule is CCCC[C@H](NC1CCC(C)CC1)C(=O)O. The summed E-state index contributed by atoms with van der Waals surface area (Å²) >= 11 is 0. The molecule has 0 spiro atoms. The molecule has 3 nitrogen and oxygen atoms in total. The average Bonchev–Trinajstić information content (AvgIpc) is 2.26. The maximum Gasteiger partial charge on any atom is 0.320 e. The summed E-state index contributed by atoms with van der Waals surface area (Å²) < 4.78 is 0. The van der Waals surface area contributed by atoms with Crippen molar-refractivity contribution in [1.29, 1.82) is 0 Å². The van der Waals surface area contributed by atoms with Crippen LogP contribution in [0.3, 0.4) is 0 Å². The van der Waals surface area contributed by atoms with E-state index in [0.717, 1.165) is 38.0 Å². The Bertz CT molecular complexity index is 210. The number of carboxylic acid groups (broad SMARTS) is 1. The molecule has 3 heteroatoms. The first-order valence-electron chi connectivity index (χ1n) is 6.62. The molecule has 1 saturated carbocycles. The van der Waals surface area contributed by atoms with Crippen molar-refractivity contribution in [2.45, 2.75) is 70.9 Å². The lowest BCUT2D eigenvalue weighted by molar-refractivity contribution is -0.140. The molecule has 0 aromatic heterocycles. The van der Waals surface area contributed by atoms with Crippen LogP contribution in [-0.2, 0) is 4.79 Å². The summed E-state index contributed by atoms with van der Waals surface area (Å²) in [6.07, 6.45) is 7.56. The Kier molecular flexibility index (Phi) is 5.81. The van der Waals surface area contributed by atoms with E-state index in [1.165, 1.54) is 12.8 Å². The molecule has 94 valence electrons. The van der Waals surface area contributed by atoms with Crippen molar-refractivity contribution < 1.29 is 9.90 Å². The fraction of sp³-hybridized carbons (Fsp3) is 0.923. The fourth-order valence-electron chi connectivity index (χ4n) is 2.40. The van der Waals surface area contributed by atoms with E-state index >= 15 is 0 Å². The third kappa shape index (κ3) is 4.52. The molecule has 0 aromatic carbocycles. The molecular formula is C13H25NO2. The molecule has 16 heavy (non-hydrogen) atoms. The van der Waals surface area contributed by atoms with Gasteiger partial charge in [0.05, 0.1) is 0 Å². The van der Waals surface area contributed by atoms with Gasteiger partial charge < -0.3 is 10.4 Å². The second kappa shape index (κ2) is 6.89. The molecule has 0 amide bonds. The highest BCUT2D eigenvalue weighted by Crippen LogP contribution is 2.24. The second-order valence-electron chi connectivity index (χ2n) is 5.16. The lowest BCUT2D eigenvalue weighted by Gasteiger charge is -2.29. The van der Waals surface area contributed by atoms with Crippen LogP contribution in [0.5, 0.6) is 0 Å². The highest BCUT2D eigenvalue weighted by Gasteiger charge is 2.24. The fourth-order valence-corrected chi connectivity index (χ4v) is 2.40. The van der Waals surface area contributed by atoms with Gasteiger partial charge in [0, 0.05) is 6.04 Å². The highest BCUT2D eigenvalue weighted by molar-refractivity contribution is 5.73. The molecule has 2 N–H and O–H groups in total. The van der Waals surface area contributed by atoms with Crippen molar-refractivity contribution in [3.63, 3.8) is 0 Å². The minimum atomic E-state index is -0.688. The van der Waals surface area contributed by atoms with Gasteiger partial charge in [-0.1, -0.05) is 26.7 Å². The lowest BCUT2D eigenvalue weighted by Crippen LogP contribution is -2.44. The zero-order valence-corrected chi connectivity index (χ0v) is 10.5. The predicted molar refractivity (Wildman–Crippen MR) is 65.5 cm³/mol. The van der Waals surface area contributed by atoms with Crippen molar-refractivity contribution in [2.24, 2.45) is 5.92 Å². The zero-order valence-electron chi connectivity index (χ0n) is 10.5. The first-order valence-corrected chi connectivity index (χ1v) is 6.62. The molecule has 0 aliphatic heterocycles. The number of nitrogens with one attached hydrogen (secondary N) is 1. The molecule has 1 aliphatic rings. The van der Waals surface area contributed by atoms with E-state index in [-0.39, 0.29) is 6.04 Å². The molecule has 1 atom stereocenters. The van der Waals surface area contributed by atoms with E-state index in [0.29, 0.717) is 6.04 Å². The van der Waals surface area contributed by atoms with Crippen LogP contribution in [0.1, 0.15) is 58.8 Å². The first-order chi connectivity index (χ1) is 7.63. The van der Waals surface area contributed by atoms with Crippen molar-refractivity contribution >= 4 is 5.97 Å². The van der Waals surface area contributed by atoms with Crippen LogP contribution >= 0.6 is 0 Å². The van der Waals surface area contributed by atoms with Crippen LogP contribution in [0.2, 0.25) is 0 Å². The van der Waals surface area contributed by atoms with Crippen molar-refractivity contribution in [3.8, 4) is 0 Å². The molecule has 1 aliphatic carbocycles. The van der Waals surface area contributed by atoms with Crippen LogP contribution in [0.15, 0.2) is 0 Å². The summed E-state index contributed by atoms with van der Waals surface area (Å²) in [5.74, 6) is 0.129. The number of rotatable bonds is 6. The Morgan fingerprint density at radius 2 is 2.00 bits per heavy atom. The second-order valence-corrected chi connectivity index (χ2v) is 5.16. The molecule has 0 saturated heterocycles. The number of hydrogen-bond donors (Lipinski definition) is 2. The third-order valence-corrected chi connectivity index (χ3v) is 3.60. The molecule has 0 aromatic rings. The largest absolute Gasteiger partial charge is 0.480 e. The van der Waals surface area contributed by atoms with Gasteiger partial charge in [-0.3, -0.25) is 4.79 Å². The topological polar surface area (TPSA) is 49.3 Å². The number of aliphatic carboxylic acids is 1. The molecule has 1 rings (SSSR count). The predicted octanol–water partition coefficient (Wildman–Crippen LogP) is 2.80. The number of carbonyl (C=O) groups is 1. The van der Waals surface area contributed by atoms with E-state index in [4.69, 9.17) is 5.11 Å². The smallest absolute Gasteiger partial charge is 0.320 e. The minimum absolute atomic E-state index is 0.335. The van der Waals surface area contributed by atoms with Gasteiger partial charge in [-0.2, -0.15) is 0 Å². The van der Waals surface area contributed by atoms with Gasteiger partial charge in [0.25, 0.3) is 0 Å². The van der Waals surface area contributed by atoms with Crippen LogP contribution < -0.4 is 5.32 Å². The van der Waals surface area contributed by atoms with Crippen LogP contribution in [-0.4, -0.2) is 23.2 Å². The summed E-state index contributed by atoms with van der Waals surface area (Å²) in [5.41, 5.74) is 0. The van der Waals surface area contributed by atoms with E-state index < -0.39 is 5.97 Å². The summed E-state index contributed by atoms with van der Waals surface area (Å²) in [6, 6.07) is 0.0903. The van der Waals surface area contributed by atoms with Gasteiger partial charge >= 0.3 is 5.97 Å². The standard InChI is InChI=1S/C13H25NO2/c1-3-4-5-12(13(15)16)14-11-8-6-10(2)7-9-11/h10-12,14H,3-9H2,1-2H3,(H,15,16)/t10?,11?,12-/m0/s1. The van der Waals surface area contributed by atoms with E-state index in [1.807, 2.05) is 0 Å². The minimum Gasteiger partial charge on any atom is -0.480 e. The Balaban J connectivity index is 2.33. The summed E-state index contributed by atoms with van der Waals surface area (Å²) in [6.45, 7) is 4.38. The molecule has 1 fully saturated rings. The van der Waals surface area contributed by atoms with E-state index in [1.54, 1.807) is 0 Å². The van der Waals surface area contributed by atoms with Gasteiger partial charge in [0.2, 0.25) is 0 Å². The van der Waals surface area contributed by atoms with Gasteiger partial charge in [-0.25, -0.2) is 0 Å². The normalized spacial score (nSPS) is 27.6. The van der Waals surface area contributed by atoms with Crippen molar-refractivity contribution in [2.75, 3.05) is 0 Å². The van der Waals surface area contributed by atoms with Gasteiger partial charge in [0.15, 0.2) is 0 Å². The number of hydrogen-bond acceptors (Lipinski definition) is 2. The van der Waals surface area contributed by atoms with Crippen LogP contribution in [0.4, 0.5) is 0 Å². The molecule has 0 bridgehead atoms. The zero-order chi connectivity index (χ0) is 12.0. The maximum absolute atomic E-state index is 11.1. The third-order valence-electron chi connectivity index (χ3n) is 3.60. The van der Waals surface area contributed by atoms with E-state index in [2.05, 4.69) is 19.2 Å². The van der Waals surface area contributed by atoms with Crippen LogP contribution in [0.25, 0.3) is 0 Å². The Morgan fingerprint density at radius 1 is 1.38 bits per heavy atom. The Labute approximate surface area is 98.6 Å². The lowest BCUT2D eigenvalue weighted by atomic mass is 9.87. The quantitative estimate of drug-likeness (QED) is 0.733. The number of carboxylic acids is 1. The van der Waals surface area contributed by atoms with Crippen molar-refractivity contribution in [3.05, 3.63) is 0 Å². The van der Waals surface area contributed by atoms with Gasteiger partial charge in [0.1, 0.15) is 6.04 Å². The first kappa shape index (κ1) is 13.5. The van der Waals surface area contributed by atoms with Crippen LogP contribution in [0, 0.1) is 5.92 Å². The van der Waals surface area contributed by atoms with Gasteiger partial charge in [-0.05, 0) is 38.0 Å². The summed E-state index contributed by atoms with van der Waals surface area (Å²) in [7, 11) is 0. The molecule has 0 heterocycles. The monoisotopic (exact) mass is 227 g/mol. The average molecular weight is 227 g/mol. The maximum atomic E-state index is 11.1. The Hall–Kier alpha value is -0.570. The van der Waals surface area contributed by atoms with Gasteiger partial charge in [-0.15, -0.1) is 0 Å². The molecular weight excluding hydrogens is 202 g/mol. The number of unbranched alkanes of at least 4 members (excludes halogenated alkanes) is 1. The van der Waals surface area contributed by atoms with Crippen molar-refractivity contribution in [1.82, 2.24) is 5.32 Å². The Morgan fingerprint density at radius 3 is 2.50 bits per heavy atom. The summed E-state index contributed by atoms with van der Waals surface area (Å²) in [5, 5.41) is 12.4. The summed E-state index contributed by atoms with van der Waals surface area (Å²) in [4.78, 5) is 11.1.